The van der Waals surface area contributed by atoms with E-state index in [1.807, 2.05) is 37.3 Å². The molecule has 13 heavy (non-hydrogen) atoms. The molecule has 0 bridgehead atoms. The summed E-state index contributed by atoms with van der Waals surface area (Å²) in [5.41, 5.74) is 6.26. The first-order chi connectivity index (χ1) is 6.24. The Morgan fingerprint density at radius 2 is 1.92 bits per heavy atom. The fourth-order valence-electron chi connectivity index (χ4n) is 1.32. The topological polar surface area (TPSA) is 43.1 Å². The standard InChI is InChI=1S/C11H14NO/c1-2-9(8-11(12)13)10-6-4-3-5-7-10/h3-7H,2,8H2,1H3,(H2,12,13). The molecule has 2 heteroatoms. The summed E-state index contributed by atoms with van der Waals surface area (Å²) >= 11 is 0. The van der Waals surface area contributed by atoms with E-state index >= 15 is 0 Å². The van der Waals surface area contributed by atoms with Gasteiger partial charge in [-0.1, -0.05) is 37.3 Å². The zero-order chi connectivity index (χ0) is 9.68. The third-order valence-electron chi connectivity index (χ3n) is 2.00. The molecule has 1 radical (unpaired) electrons. The molecule has 0 aliphatic rings. The number of nitrogens with two attached hydrogens (primary N) is 1. The highest BCUT2D eigenvalue weighted by Gasteiger charge is 2.11. The van der Waals surface area contributed by atoms with Crippen molar-refractivity contribution in [3.05, 3.63) is 41.8 Å². The van der Waals surface area contributed by atoms with Gasteiger partial charge in [-0.2, -0.15) is 0 Å². The summed E-state index contributed by atoms with van der Waals surface area (Å²) in [5.74, 6) is 0.841. The molecule has 0 saturated carbocycles. The molecule has 2 N–H and O–H groups in total. The maximum atomic E-state index is 10.7. The van der Waals surface area contributed by atoms with Crippen LogP contribution < -0.4 is 5.73 Å². The Kier molecular flexibility index (Phi) is 3.50. The van der Waals surface area contributed by atoms with Gasteiger partial charge in [-0.25, -0.2) is 0 Å². The minimum absolute atomic E-state index is 0.263. The maximum Gasteiger partial charge on any atom is 0.218 e. The predicted molar refractivity (Wildman–Crippen MR) is 52.9 cm³/mol. The molecular weight excluding hydrogens is 162 g/mol. The highest BCUT2D eigenvalue weighted by atomic mass is 16.1. The summed E-state index contributed by atoms with van der Waals surface area (Å²) < 4.78 is 0. The first-order valence-corrected chi connectivity index (χ1v) is 4.42. The Morgan fingerprint density at radius 3 is 2.38 bits per heavy atom. The second-order valence-electron chi connectivity index (χ2n) is 2.97. The number of rotatable bonds is 4. The van der Waals surface area contributed by atoms with E-state index in [1.54, 1.807) is 0 Å². The molecule has 0 aliphatic carbocycles. The smallest absolute Gasteiger partial charge is 0.218 e. The lowest BCUT2D eigenvalue weighted by Crippen LogP contribution is -2.15. The van der Waals surface area contributed by atoms with Crippen LogP contribution in [0, 0.1) is 5.92 Å². The molecule has 69 valence electrons. The van der Waals surface area contributed by atoms with Crippen LogP contribution in [0.2, 0.25) is 0 Å². The van der Waals surface area contributed by atoms with Crippen molar-refractivity contribution in [3.63, 3.8) is 0 Å². The summed E-state index contributed by atoms with van der Waals surface area (Å²) in [7, 11) is 0. The van der Waals surface area contributed by atoms with E-state index in [0.29, 0.717) is 6.42 Å². The minimum Gasteiger partial charge on any atom is -0.370 e. The van der Waals surface area contributed by atoms with Crippen LogP contribution in [-0.4, -0.2) is 5.91 Å². The van der Waals surface area contributed by atoms with E-state index < -0.39 is 0 Å². The van der Waals surface area contributed by atoms with E-state index in [1.165, 1.54) is 0 Å². The number of carbonyl (C=O) groups is 1. The van der Waals surface area contributed by atoms with Crippen molar-refractivity contribution in [1.29, 1.82) is 0 Å². The molecule has 0 atom stereocenters. The van der Waals surface area contributed by atoms with Crippen LogP contribution in [0.1, 0.15) is 25.3 Å². The fourth-order valence-corrected chi connectivity index (χ4v) is 1.32. The lowest BCUT2D eigenvalue weighted by Gasteiger charge is -2.11. The highest BCUT2D eigenvalue weighted by Crippen LogP contribution is 2.20. The van der Waals surface area contributed by atoms with Gasteiger partial charge in [-0.3, -0.25) is 4.79 Å². The van der Waals surface area contributed by atoms with Crippen LogP contribution in [0.4, 0.5) is 0 Å². The van der Waals surface area contributed by atoms with Crippen LogP contribution in [0.25, 0.3) is 0 Å². The summed E-state index contributed by atoms with van der Waals surface area (Å²) in [6.45, 7) is 2.03. The number of carbonyl (C=O) groups excluding carboxylic acids is 1. The van der Waals surface area contributed by atoms with Gasteiger partial charge in [0, 0.05) is 12.3 Å². The highest BCUT2D eigenvalue weighted by molar-refractivity contribution is 5.76. The van der Waals surface area contributed by atoms with Gasteiger partial charge >= 0.3 is 0 Å². The zero-order valence-corrected chi connectivity index (χ0v) is 7.79. The van der Waals surface area contributed by atoms with E-state index in [-0.39, 0.29) is 5.91 Å². The molecule has 0 unspecified atom stereocenters. The number of hydrogen-bond donors (Lipinski definition) is 1. The molecule has 1 aromatic rings. The molecule has 0 aliphatic heterocycles. The van der Waals surface area contributed by atoms with Crippen LogP contribution in [0.15, 0.2) is 30.3 Å². The first kappa shape index (κ1) is 9.78. The van der Waals surface area contributed by atoms with Crippen molar-refractivity contribution in [1.82, 2.24) is 0 Å². The van der Waals surface area contributed by atoms with Gasteiger partial charge in [0.2, 0.25) is 5.91 Å². The number of benzene rings is 1. The van der Waals surface area contributed by atoms with Gasteiger partial charge in [0.05, 0.1) is 0 Å². The number of amides is 1. The molecule has 1 rings (SSSR count). The van der Waals surface area contributed by atoms with Gasteiger partial charge in [0.15, 0.2) is 0 Å². The Bertz CT molecular complexity index is 269. The summed E-state index contributed by atoms with van der Waals surface area (Å²) in [4.78, 5) is 10.7. The Labute approximate surface area is 78.8 Å². The van der Waals surface area contributed by atoms with E-state index in [2.05, 4.69) is 0 Å². The average Bonchev–Trinajstić information content (AvgIpc) is 2.15. The Balaban J connectivity index is 2.73. The molecule has 1 amide bonds. The normalized spacial score (nSPS) is 10.3. The van der Waals surface area contributed by atoms with Gasteiger partial charge < -0.3 is 5.73 Å². The van der Waals surface area contributed by atoms with Crippen molar-refractivity contribution in [2.75, 3.05) is 0 Å². The second kappa shape index (κ2) is 4.65. The quantitative estimate of drug-likeness (QED) is 0.748. The third kappa shape index (κ3) is 2.90. The molecule has 1 aromatic carbocycles. The Morgan fingerprint density at radius 1 is 1.31 bits per heavy atom. The average molecular weight is 176 g/mol. The summed E-state index contributed by atoms with van der Waals surface area (Å²) in [6.07, 6.45) is 1.23. The number of hydrogen-bond acceptors (Lipinski definition) is 1. The summed E-state index contributed by atoms with van der Waals surface area (Å²) in [5, 5.41) is 0. The fraction of sp³-hybridized carbons (Fsp3) is 0.273. The predicted octanol–water partition coefficient (Wildman–Crippen LogP) is 1.89. The van der Waals surface area contributed by atoms with Gasteiger partial charge in [-0.15, -0.1) is 0 Å². The van der Waals surface area contributed by atoms with Crippen molar-refractivity contribution in [2.45, 2.75) is 19.8 Å². The molecule has 0 saturated heterocycles. The molecule has 0 aromatic heterocycles. The van der Waals surface area contributed by atoms with Gasteiger partial charge in [0.25, 0.3) is 0 Å². The van der Waals surface area contributed by atoms with Crippen LogP contribution in [-0.2, 0) is 4.79 Å². The Hall–Kier alpha value is -1.31. The van der Waals surface area contributed by atoms with Crippen molar-refractivity contribution in [2.24, 2.45) is 5.73 Å². The third-order valence-corrected chi connectivity index (χ3v) is 2.00. The van der Waals surface area contributed by atoms with E-state index in [9.17, 15) is 4.79 Å². The van der Waals surface area contributed by atoms with Gasteiger partial charge in [-0.05, 0) is 12.0 Å². The minimum atomic E-state index is -0.263. The molecule has 0 fully saturated rings. The molecule has 0 spiro atoms. The van der Waals surface area contributed by atoms with Crippen LogP contribution >= 0.6 is 0 Å². The van der Waals surface area contributed by atoms with Crippen LogP contribution in [0.5, 0.6) is 0 Å². The van der Waals surface area contributed by atoms with Crippen molar-refractivity contribution in [3.8, 4) is 0 Å². The first-order valence-electron chi connectivity index (χ1n) is 4.42. The largest absolute Gasteiger partial charge is 0.370 e. The van der Waals surface area contributed by atoms with E-state index in [4.69, 9.17) is 5.73 Å². The summed E-state index contributed by atoms with van der Waals surface area (Å²) in [6, 6.07) is 9.89. The number of primary amides is 1. The second-order valence-corrected chi connectivity index (χ2v) is 2.97. The SMILES string of the molecule is CC[C](CC(N)=O)c1ccccc1. The van der Waals surface area contributed by atoms with Crippen molar-refractivity contribution >= 4 is 5.91 Å². The zero-order valence-electron chi connectivity index (χ0n) is 7.79. The molecular formula is C11H14NO. The van der Waals surface area contributed by atoms with Gasteiger partial charge in [0.1, 0.15) is 0 Å². The lowest BCUT2D eigenvalue weighted by molar-refractivity contribution is -0.117. The van der Waals surface area contributed by atoms with Crippen molar-refractivity contribution < 1.29 is 4.79 Å². The molecule has 0 heterocycles. The van der Waals surface area contributed by atoms with E-state index in [0.717, 1.165) is 17.9 Å². The van der Waals surface area contributed by atoms with Crippen LogP contribution in [0.3, 0.4) is 0 Å². The lowest BCUT2D eigenvalue weighted by atomic mass is 9.93. The monoisotopic (exact) mass is 176 g/mol. The maximum absolute atomic E-state index is 10.7. The molecule has 2 nitrogen and oxygen atoms in total.